The van der Waals surface area contributed by atoms with Gasteiger partial charge in [0.25, 0.3) is 0 Å². The molecule has 3 aromatic rings. The summed E-state index contributed by atoms with van der Waals surface area (Å²) >= 11 is 0. The van der Waals surface area contributed by atoms with Gasteiger partial charge in [-0.1, -0.05) is 6.07 Å². The van der Waals surface area contributed by atoms with Crippen LogP contribution >= 0.6 is 0 Å². The molecule has 0 spiro atoms. The van der Waals surface area contributed by atoms with E-state index in [1.54, 1.807) is 7.11 Å². The van der Waals surface area contributed by atoms with Gasteiger partial charge < -0.3 is 24.3 Å². The number of hydrogen-bond acceptors (Lipinski definition) is 8. The maximum atomic E-state index is 13.8. The fourth-order valence-electron chi connectivity index (χ4n) is 5.77. The first-order chi connectivity index (χ1) is 18.6. The van der Waals surface area contributed by atoms with Crippen molar-refractivity contribution in [2.75, 3.05) is 20.5 Å². The summed E-state index contributed by atoms with van der Waals surface area (Å²) in [6.45, 7) is 0.880. The summed E-state index contributed by atoms with van der Waals surface area (Å²) in [5, 5.41) is 16.8. The van der Waals surface area contributed by atoms with Crippen molar-refractivity contribution in [3.63, 3.8) is 0 Å². The van der Waals surface area contributed by atoms with Crippen molar-refractivity contribution in [1.82, 2.24) is 25.3 Å². The minimum Gasteiger partial charge on any atom is -0.473 e. The number of alkyl halides is 1. The number of fused-ring (bicyclic) bond motifs is 2. The smallest absolute Gasteiger partial charge is 0.233 e. The maximum Gasteiger partial charge on any atom is 0.233 e. The molecule has 3 atom stereocenters. The monoisotopic (exact) mass is 523 g/mol. The van der Waals surface area contributed by atoms with Crippen LogP contribution in [0.3, 0.4) is 0 Å². The van der Waals surface area contributed by atoms with Gasteiger partial charge in [-0.3, -0.25) is 0 Å². The van der Waals surface area contributed by atoms with E-state index in [0.717, 1.165) is 55.4 Å². The minimum absolute atomic E-state index is 0.0120. The van der Waals surface area contributed by atoms with Gasteiger partial charge in [-0.15, -0.1) is 10.2 Å². The highest BCUT2D eigenvalue weighted by Crippen LogP contribution is 2.35. The van der Waals surface area contributed by atoms with Crippen LogP contribution in [0.5, 0.6) is 11.6 Å². The minimum atomic E-state index is -0.714. The van der Waals surface area contributed by atoms with Crippen LogP contribution in [-0.4, -0.2) is 64.8 Å². The number of ether oxygens (including phenoxy) is 4. The Labute approximate surface area is 221 Å². The second kappa shape index (κ2) is 11.3. The molecule has 3 fully saturated rings. The predicted octanol–water partition coefficient (Wildman–Crippen LogP) is 4.69. The predicted molar refractivity (Wildman–Crippen MR) is 139 cm³/mol. The molecule has 6 rings (SSSR count). The van der Waals surface area contributed by atoms with E-state index < -0.39 is 6.17 Å². The molecule has 9 nitrogen and oxygen atoms in total. The maximum absolute atomic E-state index is 13.8. The van der Waals surface area contributed by atoms with E-state index in [1.807, 2.05) is 47.4 Å². The van der Waals surface area contributed by atoms with Crippen LogP contribution in [0.15, 0.2) is 42.7 Å². The van der Waals surface area contributed by atoms with Crippen molar-refractivity contribution in [2.24, 2.45) is 0 Å². The van der Waals surface area contributed by atoms with Crippen LogP contribution in [0.1, 0.15) is 51.2 Å². The van der Waals surface area contributed by atoms with Gasteiger partial charge >= 0.3 is 0 Å². The average molecular weight is 524 g/mol. The highest BCUT2D eigenvalue weighted by Gasteiger charge is 2.36. The van der Waals surface area contributed by atoms with Crippen LogP contribution < -0.4 is 14.8 Å². The number of nitrogens with zero attached hydrogens (tertiary/aromatic N) is 4. The Morgan fingerprint density at radius 1 is 1.05 bits per heavy atom. The van der Waals surface area contributed by atoms with Crippen molar-refractivity contribution in [2.45, 2.75) is 75.5 Å². The SMILES string of the molecule is COCOc1cc(-c2cnn(C3CCCCO3)c2)ccc1-c1ccc(OC2CC3CC(F)CC(C2)N3)nn1. The van der Waals surface area contributed by atoms with Crippen molar-refractivity contribution in [1.29, 1.82) is 0 Å². The van der Waals surface area contributed by atoms with Gasteiger partial charge in [-0.25, -0.2) is 9.07 Å². The fourth-order valence-corrected chi connectivity index (χ4v) is 5.77. The molecule has 1 N–H and O–H groups in total. The lowest BCUT2D eigenvalue weighted by molar-refractivity contribution is -0.0394. The van der Waals surface area contributed by atoms with E-state index in [9.17, 15) is 4.39 Å². The Hall–Kier alpha value is -3.08. The van der Waals surface area contributed by atoms with E-state index in [1.165, 1.54) is 0 Å². The van der Waals surface area contributed by atoms with Gasteiger partial charge in [-0.05, 0) is 68.7 Å². The lowest BCUT2D eigenvalue weighted by atomic mass is 9.84. The van der Waals surface area contributed by atoms with E-state index >= 15 is 0 Å². The zero-order valence-electron chi connectivity index (χ0n) is 21.6. The van der Waals surface area contributed by atoms with Crippen LogP contribution in [0.4, 0.5) is 4.39 Å². The number of nitrogens with one attached hydrogen (secondary N) is 1. The van der Waals surface area contributed by atoms with Crippen LogP contribution in [0.2, 0.25) is 0 Å². The number of aromatic nitrogens is 4. The fraction of sp³-hybridized carbons (Fsp3) is 0.536. The third-order valence-electron chi connectivity index (χ3n) is 7.55. The van der Waals surface area contributed by atoms with Crippen molar-refractivity contribution >= 4 is 0 Å². The summed E-state index contributed by atoms with van der Waals surface area (Å²) in [5.41, 5.74) is 3.43. The van der Waals surface area contributed by atoms with Crippen molar-refractivity contribution in [3.05, 3.63) is 42.7 Å². The van der Waals surface area contributed by atoms with Gasteiger partial charge in [0, 0.05) is 49.2 Å². The molecule has 0 aliphatic carbocycles. The topological polar surface area (TPSA) is 92.6 Å². The third kappa shape index (κ3) is 5.67. The Bertz CT molecular complexity index is 1200. The van der Waals surface area contributed by atoms with Gasteiger partial charge in [0.2, 0.25) is 5.88 Å². The Morgan fingerprint density at radius 3 is 2.66 bits per heavy atom. The normalized spacial score (nSPS) is 27.2. The van der Waals surface area contributed by atoms with E-state index in [0.29, 0.717) is 30.2 Å². The molecule has 2 aromatic heterocycles. The summed E-state index contributed by atoms with van der Waals surface area (Å²) in [6, 6.07) is 10.0. The molecule has 202 valence electrons. The number of halogens is 1. The zero-order valence-corrected chi connectivity index (χ0v) is 21.6. The van der Waals surface area contributed by atoms with Gasteiger partial charge in [0.05, 0.1) is 11.9 Å². The molecule has 3 aliphatic heterocycles. The number of benzene rings is 1. The molecule has 2 bridgehead atoms. The van der Waals surface area contributed by atoms with E-state index in [-0.39, 0.29) is 31.2 Å². The number of hydrogen-bond donors (Lipinski definition) is 1. The van der Waals surface area contributed by atoms with E-state index in [4.69, 9.17) is 18.9 Å². The molecular weight excluding hydrogens is 489 g/mol. The standard InChI is InChI=1S/C28H34FN5O4/c1-35-17-37-26-10-18(19-15-30-34(16-19)28-4-2-3-9-36-28)5-6-24(26)25-7-8-27(33-32-25)38-23-13-21-11-20(29)12-22(14-23)31-21/h5-8,10,15-16,20-23,28,31H,2-4,9,11-14,17H2,1H3. The number of piperidine rings is 2. The lowest BCUT2D eigenvalue weighted by Crippen LogP contribution is -2.54. The summed E-state index contributed by atoms with van der Waals surface area (Å²) in [6.07, 6.45) is 9.02. The summed E-state index contributed by atoms with van der Waals surface area (Å²) < 4.78 is 38.8. The lowest BCUT2D eigenvalue weighted by Gasteiger charge is -2.41. The van der Waals surface area contributed by atoms with Crippen molar-refractivity contribution in [3.8, 4) is 34.0 Å². The molecule has 1 aromatic carbocycles. The first-order valence-electron chi connectivity index (χ1n) is 13.5. The summed E-state index contributed by atoms with van der Waals surface area (Å²) in [7, 11) is 1.59. The van der Waals surface area contributed by atoms with Crippen LogP contribution in [0, 0.1) is 0 Å². The quantitative estimate of drug-likeness (QED) is 0.425. The highest BCUT2D eigenvalue weighted by atomic mass is 19.1. The second-order valence-electron chi connectivity index (χ2n) is 10.4. The van der Waals surface area contributed by atoms with Gasteiger partial charge in [0.15, 0.2) is 6.79 Å². The molecule has 10 heteroatoms. The Kier molecular flexibility index (Phi) is 7.53. The van der Waals surface area contributed by atoms with E-state index in [2.05, 4.69) is 20.6 Å². The zero-order chi connectivity index (χ0) is 25.9. The molecule has 3 saturated heterocycles. The van der Waals surface area contributed by atoms with Crippen LogP contribution in [-0.2, 0) is 9.47 Å². The first kappa shape index (κ1) is 25.2. The van der Waals surface area contributed by atoms with Gasteiger partial charge in [-0.2, -0.15) is 5.10 Å². The second-order valence-corrected chi connectivity index (χ2v) is 10.4. The average Bonchev–Trinajstić information content (AvgIpc) is 3.43. The molecule has 3 unspecified atom stereocenters. The molecule has 0 radical (unpaired) electrons. The molecular formula is C28H34FN5O4. The summed E-state index contributed by atoms with van der Waals surface area (Å²) in [4.78, 5) is 0. The van der Waals surface area contributed by atoms with Crippen LogP contribution in [0.25, 0.3) is 22.4 Å². The Morgan fingerprint density at radius 2 is 1.92 bits per heavy atom. The first-order valence-corrected chi connectivity index (χ1v) is 13.5. The number of methoxy groups -OCH3 is 1. The number of rotatable bonds is 8. The highest BCUT2D eigenvalue weighted by molar-refractivity contribution is 5.74. The largest absolute Gasteiger partial charge is 0.473 e. The molecule has 38 heavy (non-hydrogen) atoms. The summed E-state index contributed by atoms with van der Waals surface area (Å²) in [5.74, 6) is 1.12. The molecule has 5 heterocycles. The molecule has 0 saturated carbocycles. The Balaban J connectivity index is 1.18. The van der Waals surface area contributed by atoms with Gasteiger partial charge in [0.1, 0.15) is 24.3 Å². The molecule has 0 amide bonds. The van der Waals surface area contributed by atoms with Crippen molar-refractivity contribution < 1.29 is 23.3 Å². The molecule has 3 aliphatic rings. The third-order valence-corrected chi connectivity index (χ3v) is 7.55.